The highest BCUT2D eigenvalue weighted by molar-refractivity contribution is 5.78. The minimum atomic E-state index is 0.321. The maximum absolute atomic E-state index is 5.75. The topological polar surface area (TPSA) is 104 Å². The average molecular weight is 257 g/mol. The molecule has 0 aliphatic rings. The SMILES string of the molecule is COc1ncc(-c2cnc(N)n3cnnc23)c(C)n1. The second-order valence-corrected chi connectivity index (χ2v) is 3.91. The fourth-order valence-electron chi connectivity index (χ4n) is 1.84. The van der Waals surface area contributed by atoms with E-state index in [-0.39, 0.29) is 0 Å². The minimum Gasteiger partial charge on any atom is -0.467 e. The molecule has 0 amide bonds. The molecule has 0 fully saturated rings. The molecule has 0 radical (unpaired) electrons. The van der Waals surface area contributed by atoms with Crippen molar-refractivity contribution in [2.45, 2.75) is 6.92 Å². The van der Waals surface area contributed by atoms with Gasteiger partial charge < -0.3 is 10.5 Å². The molecule has 3 aromatic rings. The molecule has 0 spiro atoms. The number of fused-ring (bicyclic) bond motifs is 1. The molecule has 96 valence electrons. The summed E-state index contributed by atoms with van der Waals surface area (Å²) < 4.78 is 6.60. The van der Waals surface area contributed by atoms with Gasteiger partial charge >= 0.3 is 6.01 Å². The van der Waals surface area contributed by atoms with Crippen molar-refractivity contribution in [1.29, 1.82) is 0 Å². The van der Waals surface area contributed by atoms with E-state index in [0.29, 0.717) is 17.6 Å². The van der Waals surface area contributed by atoms with E-state index < -0.39 is 0 Å². The highest BCUT2D eigenvalue weighted by atomic mass is 16.5. The van der Waals surface area contributed by atoms with Gasteiger partial charge in [0.15, 0.2) is 5.65 Å². The second-order valence-electron chi connectivity index (χ2n) is 3.91. The van der Waals surface area contributed by atoms with Crippen molar-refractivity contribution in [2.24, 2.45) is 0 Å². The molecule has 0 saturated carbocycles. The third kappa shape index (κ3) is 1.73. The predicted octanol–water partition coefficient (Wildman–Crippen LogP) is 0.481. The number of methoxy groups -OCH3 is 1. The number of rotatable bonds is 2. The van der Waals surface area contributed by atoms with Crippen LogP contribution in [0.15, 0.2) is 18.7 Å². The van der Waals surface area contributed by atoms with Crippen LogP contribution in [0.1, 0.15) is 5.69 Å². The van der Waals surface area contributed by atoms with Gasteiger partial charge in [-0.1, -0.05) is 0 Å². The van der Waals surface area contributed by atoms with E-state index in [4.69, 9.17) is 10.5 Å². The molecule has 19 heavy (non-hydrogen) atoms. The summed E-state index contributed by atoms with van der Waals surface area (Å²) in [5.74, 6) is 0.329. The van der Waals surface area contributed by atoms with Crippen LogP contribution in [0, 0.1) is 6.92 Å². The first-order valence-corrected chi connectivity index (χ1v) is 5.53. The van der Waals surface area contributed by atoms with Crippen molar-refractivity contribution in [3.8, 4) is 17.1 Å². The zero-order chi connectivity index (χ0) is 13.4. The number of hydrogen-bond donors (Lipinski definition) is 1. The number of anilines is 1. The van der Waals surface area contributed by atoms with E-state index in [0.717, 1.165) is 16.8 Å². The van der Waals surface area contributed by atoms with Crippen LogP contribution in [0.3, 0.4) is 0 Å². The molecule has 8 nitrogen and oxygen atoms in total. The standard InChI is InChI=1S/C11H11N7O/c1-6-7(3-14-11(16-6)19-2)8-4-13-10(12)18-5-15-17-9(8)18/h3-5H,1-2H3,(H2,12,13). The molecule has 0 aliphatic heterocycles. The fourth-order valence-corrected chi connectivity index (χ4v) is 1.84. The summed E-state index contributed by atoms with van der Waals surface area (Å²) in [6.45, 7) is 1.86. The van der Waals surface area contributed by atoms with Crippen LogP contribution in [0.5, 0.6) is 6.01 Å². The predicted molar refractivity (Wildman–Crippen MR) is 67.5 cm³/mol. The number of nitrogen functional groups attached to an aromatic ring is 1. The van der Waals surface area contributed by atoms with Crippen molar-refractivity contribution in [1.82, 2.24) is 29.5 Å². The minimum absolute atomic E-state index is 0.321. The van der Waals surface area contributed by atoms with Gasteiger partial charge in [-0.15, -0.1) is 10.2 Å². The monoisotopic (exact) mass is 257 g/mol. The molecular formula is C11H11N7O. The molecule has 0 unspecified atom stereocenters. The first-order chi connectivity index (χ1) is 9.20. The smallest absolute Gasteiger partial charge is 0.316 e. The van der Waals surface area contributed by atoms with Crippen molar-refractivity contribution < 1.29 is 4.74 Å². The summed E-state index contributed by atoms with van der Waals surface area (Å²) in [6.07, 6.45) is 4.82. The molecule has 2 N–H and O–H groups in total. The summed E-state index contributed by atoms with van der Waals surface area (Å²) in [7, 11) is 1.52. The van der Waals surface area contributed by atoms with Crippen LogP contribution in [0.2, 0.25) is 0 Å². The van der Waals surface area contributed by atoms with Crippen LogP contribution >= 0.6 is 0 Å². The third-order valence-electron chi connectivity index (χ3n) is 2.79. The number of ether oxygens (including phenoxy) is 1. The fraction of sp³-hybridized carbons (Fsp3) is 0.182. The maximum Gasteiger partial charge on any atom is 0.316 e. The van der Waals surface area contributed by atoms with E-state index in [9.17, 15) is 0 Å². The summed E-state index contributed by atoms with van der Waals surface area (Å²) >= 11 is 0. The highest BCUT2D eigenvalue weighted by Gasteiger charge is 2.13. The normalized spacial score (nSPS) is 10.8. The van der Waals surface area contributed by atoms with Gasteiger partial charge in [0.1, 0.15) is 6.33 Å². The lowest BCUT2D eigenvalue weighted by Crippen LogP contribution is -2.02. The Balaban J connectivity index is 2.25. The molecule has 3 rings (SSSR count). The Labute approximate surface area is 108 Å². The number of aromatic nitrogens is 6. The van der Waals surface area contributed by atoms with E-state index in [1.54, 1.807) is 16.8 Å². The second kappa shape index (κ2) is 4.16. The largest absolute Gasteiger partial charge is 0.467 e. The summed E-state index contributed by atoms with van der Waals surface area (Å²) in [5.41, 5.74) is 8.72. The van der Waals surface area contributed by atoms with Gasteiger partial charge in [0.05, 0.1) is 12.8 Å². The van der Waals surface area contributed by atoms with E-state index in [2.05, 4.69) is 25.1 Å². The van der Waals surface area contributed by atoms with Gasteiger partial charge in [0, 0.05) is 23.5 Å². The third-order valence-corrected chi connectivity index (χ3v) is 2.79. The maximum atomic E-state index is 5.75. The molecule has 3 aromatic heterocycles. The highest BCUT2D eigenvalue weighted by Crippen LogP contribution is 2.26. The first kappa shape index (κ1) is 11.3. The zero-order valence-electron chi connectivity index (χ0n) is 10.4. The summed E-state index contributed by atoms with van der Waals surface area (Å²) in [5, 5.41) is 7.88. The Morgan fingerprint density at radius 1 is 1.21 bits per heavy atom. The van der Waals surface area contributed by atoms with Gasteiger partial charge in [-0.2, -0.15) is 4.98 Å². The van der Waals surface area contributed by atoms with Gasteiger partial charge in [-0.25, -0.2) is 9.97 Å². The van der Waals surface area contributed by atoms with Crippen LogP contribution in [-0.2, 0) is 0 Å². The Morgan fingerprint density at radius 3 is 2.74 bits per heavy atom. The number of nitrogens with two attached hydrogens (primary N) is 1. The summed E-state index contributed by atoms with van der Waals surface area (Å²) in [6, 6.07) is 0.321. The van der Waals surface area contributed by atoms with Crippen LogP contribution in [-0.4, -0.2) is 36.7 Å². The van der Waals surface area contributed by atoms with Gasteiger partial charge in [-0.3, -0.25) is 4.40 Å². The Morgan fingerprint density at radius 2 is 2.00 bits per heavy atom. The van der Waals surface area contributed by atoms with Crippen molar-refractivity contribution in [3.05, 3.63) is 24.4 Å². The molecule has 0 atom stereocenters. The van der Waals surface area contributed by atoms with E-state index >= 15 is 0 Å². The Hall–Kier alpha value is -2.77. The van der Waals surface area contributed by atoms with Crippen LogP contribution < -0.4 is 10.5 Å². The Kier molecular flexibility index (Phi) is 2.48. The molecule has 8 heteroatoms. The quantitative estimate of drug-likeness (QED) is 0.711. The van der Waals surface area contributed by atoms with E-state index in [1.165, 1.54) is 13.4 Å². The average Bonchev–Trinajstić information content (AvgIpc) is 2.90. The molecular weight excluding hydrogens is 246 g/mol. The number of aryl methyl sites for hydroxylation is 1. The lowest BCUT2D eigenvalue weighted by Gasteiger charge is -2.07. The molecule has 0 aliphatic carbocycles. The van der Waals surface area contributed by atoms with Gasteiger partial charge in [-0.05, 0) is 6.92 Å². The molecule has 0 bridgehead atoms. The first-order valence-electron chi connectivity index (χ1n) is 5.53. The molecule has 3 heterocycles. The van der Waals surface area contributed by atoms with Crippen molar-refractivity contribution in [2.75, 3.05) is 12.8 Å². The van der Waals surface area contributed by atoms with Crippen molar-refractivity contribution in [3.63, 3.8) is 0 Å². The summed E-state index contributed by atoms with van der Waals surface area (Å²) in [4.78, 5) is 12.4. The van der Waals surface area contributed by atoms with Crippen molar-refractivity contribution >= 4 is 11.6 Å². The Bertz CT molecular complexity index is 752. The zero-order valence-corrected chi connectivity index (χ0v) is 10.4. The van der Waals surface area contributed by atoms with E-state index in [1.807, 2.05) is 6.92 Å². The van der Waals surface area contributed by atoms with Crippen LogP contribution in [0.4, 0.5) is 5.95 Å². The molecule has 0 saturated heterocycles. The number of nitrogens with zero attached hydrogens (tertiary/aromatic N) is 6. The van der Waals surface area contributed by atoms with Gasteiger partial charge in [0.2, 0.25) is 5.95 Å². The number of hydrogen-bond acceptors (Lipinski definition) is 7. The molecule has 0 aromatic carbocycles. The lowest BCUT2D eigenvalue weighted by atomic mass is 10.1. The van der Waals surface area contributed by atoms with Crippen LogP contribution in [0.25, 0.3) is 16.8 Å². The van der Waals surface area contributed by atoms with Gasteiger partial charge in [0.25, 0.3) is 0 Å². The lowest BCUT2D eigenvalue weighted by molar-refractivity contribution is 0.379.